The summed E-state index contributed by atoms with van der Waals surface area (Å²) in [4.78, 5) is 21.2. The van der Waals surface area contributed by atoms with Crippen LogP contribution in [0.1, 0.15) is 51.4 Å². The molecule has 1 spiro atoms. The summed E-state index contributed by atoms with van der Waals surface area (Å²) in [5.74, 6) is -0.638. The summed E-state index contributed by atoms with van der Waals surface area (Å²) in [7, 11) is 0. The van der Waals surface area contributed by atoms with Crippen LogP contribution >= 0.6 is 0 Å². The fourth-order valence-corrected chi connectivity index (χ4v) is 2.07. The number of hydrogen-bond donors (Lipinski definition) is 0. The van der Waals surface area contributed by atoms with E-state index in [0.29, 0.717) is 13.2 Å². The van der Waals surface area contributed by atoms with Crippen LogP contribution in [-0.2, 0) is 19.6 Å². The number of hydrogen-bond acceptors (Lipinski definition) is 4. The number of rotatable bonds is 0. The Bertz CT molecular complexity index is 163. The molecule has 15 heavy (non-hydrogen) atoms. The molecule has 1 aliphatic carbocycles. The lowest BCUT2D eigenvalue weighted by atomic mass is 10.1. The van der Waals surface area contributed by atoms with Gasteiger partial charge in [-0.25, -0.2) is 9.78 Å². The van der Waals surface area contributed by atoms with Gasteiger partial charge in [0.2, 0.25) is 5.79 Å². The molecule has 0 aromatic heterocycles. The van der Waals surface area contributed by atoms with Crippen LogP contribution in [0.15, 0.2) is 0 Å². The minimum atomic E-state index is -0.638. The molecule has 2 aliphatic rings. The van der Waals surface area contributed by atoms with Gasteiger partial charge in [-0.3, -0.25) is 0 Å². The molecule has 0 radical (unpaired) electrons. The van der Waals surface area contributed by atoms with Gasteiger partial charge in [0, 0.05) is 12.8 Å². The van der Waals surface area contributed by atoms with E-state index in [0.717, 1.165) is 38.5 Å². The van der Waals surface area contributed by atoms with Crippen LogP contribution < -0.4 is 0 Å². The Morgan fingerprint density at radius 1 is 0.600 bits per heavy atom. The fraction of sp³-hybridized carbons (Fsp3) is 1.00. The summed E-state index contributed by atoms with van der Waals surface area (Å²) < 4.78 is 0. The summed E-state index contributed by atoms with van der Waals surface area (Å²) in [6.45, 7) is 1.27. The molecule has 1 aliphatic heterocycles. The van der Waals surface area contributed by atoms with Crippen LogP contribution in [0, 0.1) is 0 Å². The second kappa shape index (κ2) is 5.80. The van der Waals surface area contributed by atoms with Crippen molar-refractivity contribution in [2.75, 3.05) is 13.2 Å². The molecule has 4 heteroatoms. The van der Waals surface area contributed by atoms with E-state index in [-0.39, 0.29) is 0 Å². The highest BCUT2D eigenvalue weighted by Gasteiger charge is 2.36. The molecular weight excluding hydrogens is 196 g/mol. The van der Waals surface area contributed by atoms with Gasteiger partial charge in [0.1, 0.15) is 0 Å². The summed E-state index contributed by atoms with van der Waals surface area (Å²) >= 11 is 0. The van der Waals surface area contributed by atoms with Crippen molar-refractivity contribution in [1.29, 1.82) is 0 Å². The molecule has 0 amide bonds. The zero-order valence-corrected chi connectivity index (χ0v) is 9.20. The Morgan fingerprint density at radius 3 is 1.67 bits per heavy atom. The van der Waals surface area contributed by atoms with Gasteiger partial charge in [-0.15, -0.1) is 0 Å². The van der Waals surface area contributed by atoms with Crippen LogP contribution in [0.5, 0.6) is 0 Å². The molecule has 0 aromatic carbocycles. The molecule has 0 atom stereocenters. The van der Waals surface area contributed by atoms with Crippen molar-refractivity contribution < 1.29 is 19.6 Å². The zero-order chi connectivity index (χ0) is 10.4. The minimum absolute atomic E-state index is 0.633. The van der Waals surface area contributed by atoms with Crippen molar-refractivity contribution in [2.45, 2.75) is 57.2 Å². The van der Waals surface area contributed by atoms with E-state index in [2.05, 4.69) is 0 Å². The first kappa shape index (κ1) is 11.3. The van der Waals surface area contributed by atoms with E-state index in [1.807, 2.05) is 0 Å². The Morgan fingerprint density at radius 2 is 1.13 bits per heavy atom. The maximum atomic E-state index is 5.42. The Hall–Kier alpha value is -0.160. The molecule has 1 heterocycles. The monoisotopic (exact) mass is 216 g/mol. The lowest BCUT2D eigenvalue weighted by molar-refractivity contribution is -0.509. The van der Waals surface area contributed by atoms with Crippen molar-refractivity contribution >= 4 is 0 Å². The minimum Gasteiger partial charge on any atom is -0.234 e. The van der Waals surface area contributed by atoms with Crippen LogP contribution in [0.4, 0.5) is 0 Å². The quantitative estimate of drug-likeness (QED) is 0.583. The molecule has 4 nitrogen and oxygen atoms in total. The molecule has 0 N–H and O–H groups in total. The fourth-order valence-electron chi connectivity index (χ4n) is 2.07. The predicted octanol–water partition coefficient (Wildman–Crippen LogP) is 2.73. The van der Waals surface area contributed by atoms with E-state index < -0.39 is 5.79 Å². The second-order valence-electron chi connectivity index (χ2n) is 4.34. The predicted molar refractivity (Wildman–Crippen MR) is 53.7 cm³/mol. The van der Waals surface area contributed by atoms with Gasteiger partial charge in [-0.2, -0.15) is 9.78 Å². The third-order valence-corrected chi connectivity index (χ3v) is 2.99. The first-order chi connectivity index (χ1) is 7.41. The van der Waals surface area contributed by atoms with E-state index >= 15 is 0 Å². The van der Waals surface area contributed by atoms with E-state index in [9.17, 15) is 0 Å². The topological polar surface area (TPSA) is 36.9 Å². The van der Waals surface area contributed by atoms with Crippen molar-refractivity contribution in [3.8, 4) is 0 Å². The SMILES string of the molecule is C1CCCC2(CC1)OOCCCCOO2. The highest BCUT2D eigenvalue weighted by molar-refractivity contribution is 4.71. The largest absolute Gasteiger partial charge is 0.234 e. The zero-order valence-electron chi connectivity index (χ0n) is 9.20. The molecule has 0 bridgehead atoms. The van der Waals surface area contributed by atoms with Gasteiger partial charge in [0.05, 0.1) is 13.2 Å². The standard InChI is InChI=1S/C11H20O4/c1-2-4-8-11(7-3-1)14-12-9-5-6-10-13-15-11/h1-10H2. The smallest absolute Gasteiger partial charge is 0.233 e. The Balaban J connectivity index is 1.93. The summed E-state index contributed by atoms with van der Waals surface area (Å²) in [5.41, 5.74) is 0. The van der Waals surface area contributed by atoms with Crippen molar-refractivity contribution in [3.05, 3.63) is 0 Å². The van der Waals surface area contributed by atoms with Crippen LogP contribution in [-0.4, -0.2) is 19.0 Å². The molecule has 88 valence electrons. The molecule has 1 saturated heterocycles. The second-order valence-corrected chi connectivity index (χ2v) is 4.34. The van der Waals surface area contributed by atoms with E-state index in [1.165, 1.54) is 12.8 Å². The molecular formula is C11H20O4. The molecule has 2 rings (SSSR count). The maximum absolute atomic E-state index is 5.42. The molecule has 0 unspecified atom stereocenters. The third kappa shape index (κ3) is 3.41. The van der Waals surface area contributed by atoms with Gasteiger partial charge in [-0.1, -0.05) is 12.8 Å². The van der Waals surface area contributed by atoms with E-state index in [1.54, 1.807) is 0 Å². The summed E-state index contributed by atoms with van der Waals surface area (Å²) in [6.07, 6.45) is 8.38. The molecule has 0 aromatic rings. The Labute approximate surface area is 90.7 Å². The first-order valence-electron chi connectivity index (χ1n) is 6.03. The maximum Gasteiger partial charge on any atom is 0.233 e. The summed E-state index contributed by atoms with van der Waals surface area (Å²) in [5, 5.41) is 0. The van der Waals surface area contributed by atoms with Crippen molar-refractivity contribution in [3.63, 3.8) is 0 Å². The average molecular weight is 216 g/mol. The summed E-state index contributed by atoms with van der Waals surface area (Å²) in [6, 6.07) is 0. The third-order valence-electron chi connectivity index (χ3n) is 2.99. The lowest BCUT2D eigenvalue weighted by Crippen LogP contribution is -2.35. The first-order valence-corrected chi connectivity index (χ1v) is 6.03. The van der Waals surface area contributed by atoms with Crippen molar-refractivity contribution in [2.24, 2.45) is 0 Å². The van der Waals surface area contributed by atoms with E-state index in [4.69, 9.17) is 19.6 Å². The highest BCUT2D eigenvalue weighted by atomic mass is 17.3. The van der Waals surface area contributed by atoms with Crippen LogP contribution in [0.2, 0.25) is 0 Å². The highest BCUT2D eigenvalue weighted by Crippen LogP contribution is 2.32. The Kier molecular flexibility index (Phi) is 4.38. The van der Waals surface area contributed by atoms with Gasteiger partial charge >= 0.3 is 0 Å². The average Bonchev–Trinajstić information content (AvgIpc) is 2.40. The van der Waals surface area contributed by atoms with Gasteiger partial charge in [-0.05, 0) is 25.7 Å². The van der Waals surface area contributed by atoms with Crippen LogP contribution in [0.25, 0.3) is 0 Å². The molecule has 2 fully saturated rings. The van der Waals surface area contributed by atoms with Gasteiger partial charge in [0.25, 0.3) is 0 Å². The van der Waals surface area contributed by atoms with Crippen LogP contribution in [0.3, 0.4) is 0 Å². The van der Waals surface area contributed by atoms with Gasteiger partial charge < -0.3 is 0 Å². The van der Waals surface area contributed by atoms with Crippen molar-refractivity contribution in [1.82, 2.24) is 0 Å². The normalized spacial score (nSPS) is 28.8. The van der Waals surface area contributed by atoms with Gasteiger partial charge in [0.15, 0.2) is 0 Å². The lowest BCUT2D eigenvalue weighted by Gasteiger charge is -2.28. The molecule has 1 saturated carbocycles.